The van der Waals surface area contributed by atoms with E-state index in [1.165, 1.54) is 18.5 Å². The first-order valence-corrected chi connectivity index (χ1v) is 6.71. The van der Waals surface area contributed by atoms with Crippen molar-refractivity contribution in [1.29, 1.82) is 0 Å². The summed E-state index contributed by atoms with van der Waals surface area (Å²) in [5.74, 6) is 0. The van der Waals surface area contributed by atoms with E-state index < -0.39 is 0 Å². The van der Waals surface area contributed by atoms with Crippen molar-refractivity contribution in [2.24, 2.45) is 0 Å². The summed E-state index contributed by atoms with van der Waals surface area (Å²) in [4.78, 5) is 0. The van der Waals surface area contributed by atoms with Crippen LogP contribution < -0.4 is 5.46 Å². The summed E-state index contributed by atoms with van der Waals surface area (Å²) in [5.41, 5.74) is 1.67. The third-order valence-corrected chi connectivity index (χ3v) is 4.48. The fraction of sp³-hybridized carbons (Fsp3) is 0.769. The van der Waals surface area contributed by atoms with Gasteiger partial charge in [0.2, 0.25) is 0 Å². The Kier molecular flexibility index (Phi) is 2.45. The van der Waals surface area contributed by atoms with Crippen molar-refractivity contribution in [1.82, 2.24) is 9.78 Å². The van der Waals surface area contributed by atoms with Gasteiger partial charge in [0.1, 0.15) is 0 Å². The number of aromatic nitrogens is 2. The lowest BCUT2D eigenvalue weighted by Gasteiger charge is -2.32. The lowest BCUT2D eigenvalue weighted by molar-refractivity contribution is 0.00578. The molecule has 0 amide bonds. The Balaban J connectivity index is 1.88. The Hall–Kier alpha value is -0.805. The fourth-order valence-electron chi connectivity index (χ4n) is 2.33. The Morgan fingerprint density at radius 3 is 2.28 bits per heavy atom. The molecular formula is C13H21BN2O2. The first kappa shape index (κ1) is 12.2. The first-order valence-electron chi connectivity index (χ1n) is 6.71. The van der Waals surface area contributed by atoms with E-state index in [-0.39, 0.29) is 18.3 Å². The quantitative estimate of drug-likeness (QED) is 0.749. The van der Waals surface area contributed by atoms with Crippen LogP contribution in [0.15, 0.2) is 6.20 Å². The summed E-state index contributed by atoms with van der Waals surface area (Å²) in [5, 5.41) is 4.47. The Morgan fingerprint density at radius 1 is 1.22 bits per heavy atom. The molecular weight excluding hydrogens is 227 g/mol. The minimum absolute atomic E-state index is 0.286. The molecule has 0 bridgehead atoms. The maximum Gasteiger partial charge on any atom is 0.498 e. The molecule has 1 aliphatic heterocycles. The van der Waals surface area contributed by atoms with E-state index in [0.717, 1.165) is 5.46 Å². The summed E-state index contributed by atoms with van der Waals surface area (Å²) in [6.07, 6.45) is 4.38. The average molecular weight is 248 g/mol. The molecule has 0 aromatic carbocycles. The van der Waals surface area contributed by atoms with E-state index in [1.807, 2.05) is 6.20 Å². The van der Waals surface area contributed by atoms with Crippen LogP contribution in [0, 0.1) is 6.92 Å². The van der Waals surface area contributed by atoms with Crippen molar-refractivity contribution >= 4 is 12.6 Å². The Labute approximate surface area is 109 Å². The van der Waals surface area contributed by atoms with Crippen LogP contribution in [0.1, 0.15) is 52.3 Å². The zero-order chi connectivity index (χ0) is 13.1. The van der Waals surface area contributed by atoms with Gasteiger partial charge in [-0.3, -0.25) is 4.68 Å². The topological polar surface area (TPSA) is 36.3 Å². The van der Waals surface area contributed by atoms with Crippen LogP contribution in [0.4, 0.5) is 0 Å². The molecule has 2 aliphatic rings. The Morgan fingerprint density at radius 2 is 1.78 bits per heavy atom. The molecule has 1 aliphatic carbocycles. The highest BCUT2D eigenvalue weighted by Crippen LogP contribution is 2.38. The molecule has 0 N–H and O–H groups in total. The molecule has 2 fully saturated rings. The van der Waals surface area contributed by atoms with Gasteiger partial charge in [-0.25, -0.2) is 0 Å². The molecule has 18 heavy (non-hydrogen) atoms. The maximum atomic E-state index is 6.07. The fourth-order valence-corrected chi connectivity index (χ4v) is 2.33. The summed E-state index contributed by atoms with van der Waals surface area (Å²) in [6.45, 7) is 10.4. The van der Waals surface area contributed by atoms with Gasteiger partial charge in [0.25, 0.3) is 0 Å². The van der Waals surface area contributed by atoms with Gasteiger partial charge in [0, 0.05) is 17.4 Å². The van der Waals surface area contributed by atoms with Crippen LogP contribution in [-0.4, -0.2) is 28.1 Å². The molecule has 0 radical (unpaired) electrons. The largest absolute Gasteiger partial charge is 0.498 e. The van der Waals surface area contributed by atoms with Crippen LogP contribution in [0.2, 0.25) is 0 Å². The van der Waals surface area contributed by atoms with Crippen LogP contribution in [0.3, 0.4) is 0 Å². The smallest absolute Gasteiger partial charge is 0.399 e. The van der Waals surface area contributed by atoms with E-state index in [2.05, 4.69) is 44.4 Å². The molecule has 4 nitrogen and oxygen atoms in total. The third-order valence-electron chi connectivity index (χ3n) is 4.48. The minimum atomic E-state index is -0.289. The molecule has 1 aromatic heterocycles. The van der Waals surface area contributed by atoms with Crippen molar-refractivity contribution < 1.29 is 9.31 Å². The maximum absolute atomic E-state index is 6.07. The van der Waals surface area contributed by atoms with Gasteiger partial charge in [0.15, 0.2) is 0 Å². The molecule has 1 aromatic rings. The van der Waals surface area contributed by atoms with Crippen molar-refractivity contribution in [3.05, 3.63) is 11.9 Å². The average Bonchev–Trinajstić information content (AvgIpc) is 2.96. The van der Waals surface area contributed by atoms with E-state index in [9.17, 15) is 0 Å². The molecule has 0 atom stereocenters. The van der Waals surface area contributed by atoms with Gasteiger partial charge in [0.05, 0.1) is 17.2 Å². The summed E-state index contributed by atoms with van der Waals surface area (Å²) >= 11 is 0. The predicted molar refractivity (Wildman–Crippen MR) is 71.0 cm³/mol. The van der Waals surface area contributed by atoms with Gasteiger partial charge in [-0.15, -0.1) is 0 Å². The summed E-state index contributed by atoms with van der Waals surface area (Å²) < 4.78 is 14.2. The highest BCUT2D eigenvalue weighted by Gasteiger charge is 2.52. The highest BCUT2D eigenvalue weighted by molar-refractivity contribution is 6.62. The second-order valence-electron chi connectivity index (χ2n) is 6.45. The molecule has 5 heteroatoms. The summed E-state index contributed by atoms with van der Waals surface area (Å²) in [7, 11) is -0.289. The van der Waals surface area contributed by atoms with Gasteiger partial charge in [-0.1, -0.05) is 0 Å². The van der Waals surface area contributed by atoms with Crippen LogP contribution in [0.25, 0.3) is 0 Å². The standard InChI is InChI=1S/C13H21BN2O2/c1-9-11(8-15-16(9)10-6-7-10)14-17-12(2,3)13(4,5)18-14/h8,10H,6-7H2,1-5H3. The molecule has 3 rings (SSSR count). The predicted octanol–water partition coefficient (Wildman–Crippen LogP) is 1.83. The molecule has 98 valence electrons. The van der Waals surface area contributed by atoms with E-state index in [1.54, 1.807) is 0 Å². The highest BCUT2D eigenvalue weighted by atomic mass is 16.7. The zero-order valence-electron chi connectivity index (χ0n) is 11.9. The van der Waals surface area contributed by atoms with Gasteiger partial charge < -0.3 is 9.31 Å². The van der Waals surface area contributed by atoms with Crippen LogP contribution in [-0.2, 0) is 9.31 Å². The van der Waals surface area contributed by atoms with Crippen molar-refractivity contribution in [3.8, 4) is 0 Å². The van der Waals surface area contributed by atoms with Crippen molar-refractivity contribution in [2.45, 2.75) is 64.7 Å². The Bertz CT molecular complexity index is 461. The zero-order valence-corrected chi connectivity index (χ0v) is 11.9. The van der Waals surface area contributed by atoms with Crippen LogP contribution in [0.5, 0.6) is 0 Å². The monoisotopic (exact) mass is 248 g/mol. The SMILES string of the molecule is Cc1c(B2OC(C)(C)C(C)(C)O2)cnn1C1CC1. The number of rotatable bonds is 2. The minimum Gasteiger partial charge on any atom is -0.399 e. The first-order chi connectivity index (χ1) is 8.32. The summed E-state index contributed by atoms with van der Waals surface area (Å²) in [6, 6.07) is 0.598. The van der Waals surface area contributed by atoms with Crippen molar-refractivity contribution in [2.75, 3.05) is 0 Å². The molecule has 1 saturated heterocycles. The van der Waals surface area contributed by atoms with Gasteiger partial charge in [-0.2, -0.15) is 5.10 Å². The normalized spacial score (nSPS) is 25.7. The lowest BCUT2D eigenvalue weighted by atomic mass is 9.79. The number of nitrogens with zero attached hydrogens (tertiary/aromatic N) is 2. The van der Waals surface area contributed by atoms with E-state index in [0.29, 0.717) is 6.04 Å². The third kappa shape index (κ3) is 1.72. The number of hydrogen-bond donors (Lipinski definition) is 0. The second kappa shape index (κ2) is 3.61. The van der Waals surface area contributed by atoms with Crippen molar-refractivity contribution in [3.63, 3.8) is 0 Å². The van der Waals surface area contributed by atoms with Crippen LogP contribution >= 0.6 is 0 Å². The lowest BCUT2D eigenvalue weighted by Crippen LogP contribution is -2.41. The van der Waals surface area contributed by atoms with Gasteiger partial charge in [-0.05, 0) is 47.5 Å². The second-order valence-corrected chi connectivity index (χ2v) is 6.45. The molecule has 0 unspecified atom stereocenters. The molecule has 2 heterocycles. The van der Waals surface area contributed by atoms with E-state index in [4.69, 9.17) is 9.31 Å². The molecule has 0 spiro atoms. The number of hydrogen-bond acceptors (Lipinski definition) is 3. The van der Waals surface area contributed by atoms with Gasteiger partial charge >= 0.3 is 7.12 Å². The van der Waals surface area contributed by atoms with E-state index >= 15 is 0 Å². The molecule has 1 saturated carbocycles.